The third-order valence-corrected chi connectivity index (χ3v) is 5.48. The summed E-state index contributed by atoms with van der Waals surface area (Å²) in [6.45, 7) is 3.45. The van der Waals surface area contributed by atoms with Crippen LogP contribution in [0.5, 0.6) is 0 Å². The Balaban J connectivity index is 1.50. The lowest BCUT2D eigenvalue weighted by Gasteiger charge is -2.28. The minimum atomic E-state index is 0.691. The van der Waals surface area contributed by atoms with Gasteiger partial charge in [0.1, 0.15) is 0 Å². The van der Waals surface area contributed by atoms with Gasteiger partial charge in [0.15, 0.2) is 0 Å². The van der Waals surface area contributed by atoms with Crippen LogP contribution in [-0.2, 0) is 0 Å². The Hall–Kier alpha value is -0.990. The van der Waals surface area contributed by atoms with E-state index in [1.54, 1.807) is 0 Å². The van der Waals surface area contributed by atoms with Crippen molar-refractivity contribution in [2.24, 2.45) is 11.8 Å². The smallest absolute Gasteiger partial charge is 0.203 e. The Labute approximate surface area is 123 Å². The van der Waals surface area contributed by atoms with Crippen molar-refractivity contribution in [2.75, 3.05) is 11.9 Å². The van der Waals surface area contributed by atoms with Crippen molar-refractivity contribution in [3.63, 3.8) is 0 Å². The van der Waals surface area contributed by atoms with E-state index in [-0.39, 0.29) is 0 Å². The zero-order valence-electron chi connectivity index (χ0n) is 12.9. The van der Waals surface area contributed by atoms with Crippen LogP contribution in [0, 0.1) is 11.8 Å². The molecule has 1 aromatic rings. The van der Waals surface area contributed by atoms with Gasteiger partial charge in [0.2, 0.25) is 5.95 Å². The lowest BCUT2D eigenvalue weighted by atomic mass is 9.81. The SMILES string of the molecule is CCC1CCC(CNc2nccn2C2CCCC2)CC1. The van der Waals surface area contributed by atoms with E-state index >= 15 is 0 Å². The van der Waals surface area contributed by atoms with E-state index in [0.29, 0.717) is 6.04 Å². The largest absolute Gasteiger partial charge is 0.355 e. The highest BCUT2D eigenvalue weighted by Gasteiger charge is 2.22. The first kappa shape index (κ1) is 14.0. The van der Waals surface area contributed by atoms with Gasteiger partial charge in [-0.25, -0.2) is 4.98 Å². The van der Waals surface area contributed by atoms with Gasteiger partial charge in [-0.15, -0.1) is 0 Å². The molecule has 0 unspecified atom stereocenters. The van der Waals surface area contributed by atoms with E-state index in [1.807, 2.05) is 6.20 Å². The Kier molecular flexibility index (Phi) is 4.64. The van der Waals surface area contributed by atoms with Crippen molar-refractivity contribution >= 4 is 5.95 Å². The highest BCUT2D eigenvalue weighted by Crippen LogP contribution is 2.33. The van der Waals surface area contributed by atoms with Gasteiger partial charge in [-0.2, -0.15) is 0 Å². The van der Waals surface area contributed by atoms with Gasteiger partial charge in [-0.05, 0) is 37.5 Å². The molecule has 0 atom stereocenters. The molecule has 0 aromatic carbocycles. The number of nitrogens with zero attached hydrogens (tertiary/aromatic N) is 2. The van der Waals surface area contributed by atoms with E-state index in [9.17, 15) is 0 Å². The highest BCUT2D eigenvalue weighted by molar-refractivity contribution is 5.27. The standard InChI is InChI=1S/C17H29N3/c1-2-14-7-9-15(10-8-14)13-19-17-18-11-12-20(17)16-5-3-4-6-16/h11-12,14-16H,2-10,13H2,1H3,(H,18,19). The summed E-state index contributed by atoms with van der Waals surface area (Å²) in [5, 5.41) is 3.62. The second kappa shape index (κ2) is 6.64. The molecule has 0 bridgehead atoms. The Morgan fingerprint density at radius 1 is 1.10 bits per heavy atom. The van der Waals surface area contributed by atoms with Gasteiger partial charge in [0.25, 0.3) is 0 Å². The van der Waals surface area contributed by atoms with Crippen LogP contribution in [0.2, 0.25) is 0 Å². The van der Waals surface area contributed by atoms with Crippen LogP contribution < -0.4 is 5.32 Å². The number of rotatable bonds is 5. The second-order valence-electron chi connectivity index (χ2n) is 6.77. The summed E-state index contributed by atoms with van der Waals surface area (Å²) in [7, 11) is 0. The third kappa shape index (κ3) is 3.18. The summed E-state index contributed by atoms with van der Waals surface area (Å²) in [6, 6.07) is 0.691. The van der Waals surface area contributed by atoms with Gasteiger partial charge in [-0.3, -0.25) is 0 Å². The number of aromatic nitrogens is 2. The maximum atomic E-state index is 4.53. The molecule has 0 saturated heterocycles. The van der Waals surface area contributed by atoms with E-state index < -0.39 is 0 Å². The minimum Gasteiger partial charge on any atom is -0.355 e. The van der Waals surface area contributed by atoms with Crippen molar-refractivity contribution in [1.29, 1.82) is 0 Å². The van der Waals surface area contributed by atoms with E-state index in [2.05, 4.69) is 28.0 Å². The van der Waals surface area contributed by atoms with Crippen molar-refractivity contribution in [1.82, 2.24) is 9.55 Å². The molecule has 3 heteroatoms. The number of hydrogen-bond acceptors (Lipinski definition) is 2. The van der Waals surface area contributed by atoms with Crippen LogP contribution in [0.25, 0.3) is 0 Å². The summed E-state index contributed by atoms with van der Waals surface area (Å²) in [5.41, 5.74) is 0. The average molecular weight is 275 g/mol. The van der Waals surface area contributed by atoms with Gasteiger partial charge < -0.3 is 9.88 Å². The van der Waals surface area contributed by atoms with Crippen molar-refractivity contribution in [2.45, 2.75) is 70.8 Å². The molecular formula is C17H29N3. The first-order valence-electron chi connectivity index (χ1n) is 8.63. The maximum Gasteiger partial charge on any atom is 0.203 e. The number of hydrogen-bond donors (Lipinski definition) is 1. The number of anilines is 1. The Morgan fingerprint density at radius 3 is 2.50 bits per heavy atom. The molecule has 2 fully saturated rings. The van der Waals surface area contributed by atoms with Crippen LogP contribution in [0.1, 0.15) is 70.8 Å². The van der Waals surface area contributed by atoms with Crippen LogP contribution in [0.15, 0.2) is 12.4 Å². The molecule has 2 aliphatic rings. The second-order valence-corrected chi connectivity index (χ2v) is 6.77. The molecule has 0 aliphatic heterocycles. The normalized spacial score (nSPS) is 27.9. The van der Waals surface area contributed by atoms with Crippen molar-refractivity contribution in [3.8, 4) is 0 Å². The first-order chi connectivity index (χ1) is 9.86. The first-order valence-corrected chi connectivity index (χ1v) is 8.63. The van der Waals surface area contributed by atoms with Crippen LogP contribution in [0.4, 0.5) is 5.95 Å². The molecule has 0 spiro atoms. The van der Waals surface area contributed by atoms with E-state index in [4.69, 9.17) is 0 Å². The van der Waals surface area contributed by atoms with Gasteiger partial charge in [-0.1, -0.05) is 39.0 Å². The van der Waals surface area contributed by atoms with Crippen molar-refractivity contribution in [3.05, 3.63) is 12.4 Å². The third-order valence-electron chi connectivity index (χ3n) is 5.48. The Bertz CT molecular complexity index is 398. The fraction of sp³-hybridized carbons (Fsp3) is 0.824. The minimum absolute atomic E-state index is 0.691. The quantitative estimate of drug-likeness (QED) is 0.849. The van der Waals surface area contributed by atoms with Crippen LogP contribution in [0.3, 0.4) is 0 Å². The molecule has 3 rings (SSSR count). The summed E-state index contributed by atoms with van der Waals surface area (Å²) in [4.78, 5) is 4.53. The molecule has 1 heterocycles. The summed E-state index contributed by atoms with van der Waals surface area (Å²) < 4.78 is 2.38. The van der Waals surface area contributed by atoms with E-state index in [1.165, 1.54) is 57.8 Å². The molecule has 3 nitrogen and oxygen atoms in total. The highest BCUT2D eigenvalue weighted by atomic mass is 15.2. The van der Waals surface area contributed by atoms with Gasteiger partial charge in [0.05, 0.1) is 0 Å². The monoisotopic (exact) mass is 275 g/mol. The zero-order chi connectivity index (χ0) is 13.8. The molecule has 0 amide bonds. The number of nitrogens with one attached hydrogen (secondary N) is 1. The molecule has 20 heavy (non-hydrogen) atoms. The molecule has 2 aliphatic carbocycles. The summed E-state index contributed by atoms with van der Waals surface area (Å²) in [5.74, 6) is 2.95. The van der Waals surface area contributed by atoms with Crippen LogP contribution >= 0.6 is 0 Å². The maximum absolute atomic E-state index is 4.53. The molecular weight excluding hydrogens is 246 g/mol. The predicted molar refractivity (Wildman–Crippen MR) is 84.0 cm³/mol. The summed E-state index contributed by atoms with van der Waals surface area (Å²) in [6.07, 6.45) is 16.5. The van der Waals surface area contributed by atoms with Crippen LogP contribution in [-0.4, -0.2) is 16.1 Å². The fourth-order valence-electron chi connectivity index (χ4n) is 4.01. The lowest BCUT2D eigenvalue weighted by Crippen LogP contribution is -2.22. The molecule has 2 saturated carbocycles. The Morgan fingerprint density at radius 2 is 1.80 bits per heavy atom. The van der Waals surface area contributed by atoms with E-state index in [0.717, 1.165) is 24.3 Å². The molecule has 1 aromatic heterocycles. The van der Waals surface area contributed by atoms with Gasteiger partial charge >= 0.3 is 0 Å². The lowest BCUT2D eigenvalue weighted by molar-refractivity contribution is 0.278. The fourth-order valence-corrected chi connectivity index (χ4v) is 4.01. The van der Waals surface area contributed by atoms with Gasteiger partial charge in [0, 0.05) is 25.0 Å². The summed E-state index contributed by atoms with van der Waals surface area (Å²) >= 11 is 0. The predicted octanol–water partition coefficient (Wildman–Crippen LogP) is 4.63. The molecule has 1 N–H and O–H groups in total. The van der Waals surface area contributed by atoms with Crippen molar-refractivity contribution < 1.29 is 0 Å². The zero-order valence-corrected chi connectivity index (χ0v) is 12.9. The number of imidazole rings is 1. The average Bonchev–Trinajstić information content (AvgIpc) is 3.16. The molecule has 112 valence electrons. The molecule has 0 radical (unpaired) electrons. The topological polar surface area (TPSA) is 29.9 Å².